The molecule has 0 saturated carbocycles. The van der Waals surface area contributed by atoms with Crippen molar-refractivity contribution in [1.82, 2.24) is 10.2 Å². The summed E-state index contributed by atoms with van der Waals surface area (Å²) in [7, 11) is -5.65. The van der Waals surface area contributed by atoms with Crippen LogP contribution in [0.4, 0.5) is 0 Å². The Morgan fingerprint density at radius 2 is 1.69 bits per heavy atom. The van der Waals surface area contributed by atoms with Gasteiger partial charge < -0.3 is 22.8 Å². The van der Waals surface area contributed by atoms with Crippen molar-refractivity contribution >= 4 is 41.2 Å². The molecule has 196 valence electrons. The van der Waals surface area contributed by atoms with E-state index in [0.29, 0.717) is 0 Å². The van der Waals surface area contributed by atoms with Crippen LogP contribution in [0.3, 0.4) is 0 Å². The molecule has 13 heteroatoms. The Kier molecular flexibility index (Phi) is 7.16. The molecule has 35 heavy (non-hydrogen) atoms. The van der Waals surface area contributed by atoms with Gasteiger partial charge in [0.1, 0.15) is 18.3 Å². The topological polar surface area (TPSA) is 138 Å². The highest BCUT2D eigenvalue weighted by Gasteiger charge is 2.62. The highest BCUT2D eigenvalue weighted by molar-refractivity contribution is 6.84. The van der Waals surface area contributed by atoms with Gasteiger partial charge in [-0.05, 0) is 22.2 Å². The number of rotatable bonds is 5. The lowest BCUT2D eigenvalue weighted by atomic mass is 10.1. The molecule has 0 bridgehead atoms. The van der Waals surface area contributed by atoms with Crippen LogP contribution in [0.2, 0.25) is 22.2 Å². The van der Waals surface area contributed by atoms with Gasteiger partial charge >= 0.3 is 17.1 Å². The fraction of sp³-hybridized carbons (Fsp3) is 0.818. The van der Waals surface area contributed by atoms with Gasteiger partial charge in [0.05, 0.1) is 12.9 Å². The van der Waals surface area contributed by atoms with Crippen molar-refractivity contribution in [2.24, 2.45) is 9.98 Å². The summed E-state index contributed by atoms with van der Waals surface area (Å²) in [6.45, 7) is 17.4. The molecule has 0 spiro atoms. The van der Waals surface area contributed by atoms with Crippen molar-refractivity contribution in [3.8, 4) is 0 Å². The SMILES string of the molecule is CC(C)[Si]1(C(C)C)OC[C@H]2O[C@@H](N3C=NC4C(=O)NC(=N)N=C43)[C@H](O)[C@@H]2O[Si](C(C)C)(C(C)C)O1. The predicted octanol–water partition coefficient (Wildman–Crippen LogP) is 2.20. The number of aliphatic hydroxyl groups is 1. The number of amidine groups is 1. The van der Waals surface area contributed by atoms with Crippen molar-refractivity contribution in [1.29, 1.82) is 5.41 Å². The number of nitrogens with zero attached hydrogens (tertiary/aromatic N) is 3. The minimum Gasteiger partial charge on any atom is -0.414 e. The van der Waals surface area contributed by atoms with E-state index < -0.39 is 53.6 Å². The van der Waals surface area contributed by atoms with E-state index in [1.54, 1.807) is 4.90 Å². The maximum atomic E-state index is 12.3. The van der Waals surface area contributed by atoms with Gasteiger partial charge in [-0.25, -0.2) is 0 Å². The summed E-state index contributed by atoms with van der Waals surface area (Å²) in [5.74, 6) is -0.432. The van der Waals surface area contributed by atoms with Gasteiger partial charge in [0, 0.05) is 0 Å². The Labute approximate surface area is 209 Å². The molecule has 11 nitrogen and oxygen atoms in total. The molecule has 5 atom stereocenters. The van der Waals surface area contributed by atoms with Crippen LogP contribution >= 0.6 is 0 Å². The summed E-state index contributed by atoms with van der Waals surface area (Å²) >= 11 is 0. The van der Waals surface area contributed by atoms with Crippen LogP contribution in [0.15, 0.2) is 9.98 Å². The molecule has 1 amide bonds. The number of hydrogen-bond acceptors (Lipinski definition) is 9. The zero-order valence-electron chi connectivity index (χ0n) is 21.8. The highest BCUT2D eigenvalue weighted by Crippen LogP contribution is 2.47. The van der Waals surface area contributed by atoms with E-state index in [-0.39, 0.29) is 40.6 Å². The van der Waals surface area contributed by atoms with E-state index in [9.17, 15) is 9.90 Å². The molecule has 1 unspecified atom stereocenters. The predicted molar refractivity (Wildman–Crippen MR) is 136 cm³/mol. The average molecular weight is 526 g/mol. The summed E-state index contributed by atoms with van der Waals surface area (Å²) in [5.41, 5.74) is 0.624. The second-order valence-corrected chi connectivity index (χ2v) is 19.8. The number of guanidine groups is 1. The fourth-order valence-electron chi connectivity index (χ4n) is 5.60. The molecule has 0 aliphatic carbocycles. The van der Waals surface area contributed by atoms with E-state index >= 15 is 0 Å². The molecule has 4 rings (SSSR count). The second-order valence-electron chi connectivity index (χ2n) is 11.0. The van der Waals surface area contributed by atoms with E-state index in [4.69, 9.17) is 23.1 Å². The van der Waals surface area contributed by atoms with E-state index in [0.717, 1.165) is 0 Å². The molecule has 4 aliphatic heterocycles. The average Bonchev–Trinajstić information content (AvgIpc) is 3.28. The normalized spacial score (nSPS) is 34.3. The van der Waals surface area contributed by atoms with Gasteiger partial charge in [-0.3, -0.25) is 25.4 Å². The molecule has 4 aliphatic rings. The number of hydrogen-bond donors (Lipinski definition) is 3. The first kappa shape index (κ1) is 26.6. The molecule has 2 saturated heterocycles. The largest absolute Gasteiger partial charge is 0.414 e. The van der Waals surface area contributed by atoms with Gasteiger partial charge in [-0.2, -0.15) is 4.99 Å². The van der Waals surface area contributed by atoms with Crippen LogP contribution in [-0.4, -0.2) is 88.4 Å². The number of fused-ring (bicyclic) bond motifs is 2. The highest BCUT2D eigenvalue weighted by atomic mass is 28.5. The quantitative estimate of drug-likeness (QED) is 0.468. The van der Waals surface area contributed by atoms with Crippen molar-refractivity contribution < 1.29 is 27.6 Å². The van der Waals surface area contributed by atoms with E-state index in [1.807, 2.05) is 0 Å². The van der Waals surface area contributed by atoms with Gasteiger partial charge in [0.15, 0.2) is 18.1 Å². The Morgan fingerprint density at radius 1 is 1.09 bits per heavy atom. The lowest BCUT2D eigenvalue weighted by molar-refractivity contribution is -0.119. The molecule has 0 radical (unpaired) electrons. The minimum atomic E-state index is -2.92. The number of nitrogens with one attached hydrogen (secondary N) is 2. The van der Waals surface area contributed by atoms with E-state index in [1.165, 1.54) is 6.34 Å². The molecule has 4 heterocycles. The summed E-state index contributed by atoms with van der Waals surface area (Å²) in [6, 6.07) is -0.865. The third-order valence-electron chi connectivity index (χ3n) is 7.48. The summed E-state index contributed by atoms with van der Waals surface area (Å²) in [6.07, 6.45) is -1.69. The number of ether oxygens (including phenoxy) is 1. The Bertz CT molecular complexity index is 910. The summed E-state index contributed by atoms with van der Waals surface area (Å²) < 4.78 is 27.2. The van der Waals surface area contributed by atoms with Gasteiger partial charge in [0.25, 0.3) is 5.91 Å². The van der Waals surface area contributed by atoms with Gasteiger partial charge in [-0.1, -0.05) is 55.4 Å². The summed E-state index contributed by atoms with van der Waals surface area (Å²) in [4.78, 5) is 22.2. The smallest absolute Gasteiger partial charge is 0.335 e. The first-order chi connectivity index (χ1) is 16.3. The third-order valence-corrected chi connectivity index (χ3v) is 17.7. The van der Waals surface area contributed by atoms with Crippen LogP contribution in [0.25, 0.3) is 0 Å². The minimum absolute atomic E-state index is 0.116. The molecule has 0 aromatic carbocycles. The van der Waals surface area contributed by atoms with Crippen molar-refractivity contribution in [3.05, 3.63) is 0 Å². The fourth-order valence-corrected chi connectivity index (χ4v) is 16.8. The first-order valence-electron chi connectivity index (χ1n) is 12.5. The lowest BCUT2D eigenvalue weighted by Gasteiger charge is -2.51. The van der Waals surface area contributed by atoms with Crippen LogP contribution in [-0.2, 0) is 22.5 Å². The van der Waals surface area contributed by atoms with Crippen LogP contribution in [0, 0.1) is 5.41 Å². The van der Waals surface area contributed by atoms with Gasteiger partial charge in [0.2, 0.25) is 5.96 Å². The van der Waals surface area contributed by atoms with Crippen LogP contribution in [0.1, 0.15) is 55.4 Å². The standard InChI is InChI=1S/C22H39N5O6Si2/c1-11(2)34(12(3)4)30-9-15-18(32-35(33-34,13(5)6)14(7)8)17(28)21(31-15)27-10-24-16-19(27)25-22(23)26-20(16)29/h10-18,21,28H,9H2,1-8H3,(H2,23,26,29)/t15-,16?,17-,18-,21-/m1/s1. The van der Waals surface area contributed by atoms with E-state index in [2.05, 4.69) is 70.7 Å². The molecular formula is C22H39N5O6Si2. The Hall–Kier alpha value is -1.49. The summed E-state index contributed by atoms with van der Waals surface area (Å²) in [5, 5.41) is 21.7. The Morgan fingerprint density at radius 3 is 2.26 bits per heavy atom. The molecule has 0 aromatic rings. The molecule has 3 N–H and O–H groups in total. The number of aliphatic imine (C=N–C) groups is 2. The maximum Gasteiger partial charge on any atom is 0.335 e. The number of carbonyl (C=O) groups excluding carboxylic acids is 1. The monoisotopic (exact) mass is 525 g/mol. The number of amides is 1. The molecular weight excluding hydrogens is 486 g/mol. The third kappa shape index (κ3) is 4.24. The maximum absolute atomic E-state index is 12.3. The van der Waals surface area contributed by atoms with Crippen LogP contribution < -0.4 is 5.32 Å². The zero-order chi connectivity index (χ0) is 25.9. The number of carbonyl (C=O) groups is 1. The van der Waals surface area contributed by atoms with Crippen LogP contribution in [0.5, 0.6) is 0 Å². The zero-order valence-corrected chi connectivity index (χ0v) is 23.8. The lowest BCUT2D eigenvalue weighted by Crippen LogP contribution is -2.66. The Balaban J connectivity index is 1.71. The van der Waals surface area contributed by atoms with Crippen molar-refractivity contribution in [2.45, 2.75) is 108 Å². The number of aliphatic hydroxyl groups excluding tert-OH is 1. The first-order valence-corrected chi connectivity index (χ1v) is 16.4. The molecule has 2 fully saturated rings. The van der Waals surface area contributed by atoms with Gasteiger partial charge in [-0.15, -0.1) is 0 Å². The van der Waals surface area contributed by atoms with Crippen molar-refractivity contribution in [3.63, 3.8) is 0 Å². The molecule has 0 aromatic heterocycles. The van der Waals surface area contributed by atoms with Crippen molar-refractivity contribution in [2.75, 3.05) is 6.61 Å². The second kappa shape index (κ2) is 9.43.